The summed E-state index contributed by atoms with van der Waals surface area (Å²) in [4.78, 5) is 7.65. The SMILES string of the molecule is CN1CCCN(CCOc2ccc3c(c2)CCC3N2CCCC2)CC1. The van der Waals surface area contributed by atoms with Crippen LogP contribution in [0.15, 0.2) is 18.2 Å². The molecule has 3 aliphatic rings. The number of hydrogen-bond acceptors (Lipinski definition) is 4. The molecule has 0 amide bonds. The van der Waals surface area contributed by atoms with Crippen LogP contribution in [0.2, 0.25) is 0 Å². The van der Waals surface area contributed by atoms with E-state index in [0.717, 1.165) is 18.9 Å². The van der Waals surface area contributed by atoms with Gasteiger partial charge in [0.1, 0.15) is 12.4 Å². The molecule has 1 aromatic carbocycles. The van der Waals surface area contributed by atoms with Crippen molar-refractivity contribution >= 4 is 0 Å². The molecular formula is C21H33N3O. The minimum atomic E-state index is 0.667. The monoisotopic (exact) mass is 343 g/mol. The molecule has 2 saturated heterocycles. The Labute approximate surface area is 152 Å². The molecule has 4 heteroatoms. The lowest BCUT2D eigenvalue weighted by atomic mass is 10.1. The van der Waals surface area contributed by atoms with Gasteiger partial charge in [-0.05, 0) is 88.6 Å². The Kier molecular flexibility index (Phi) is 5.59. The lowest BCUT2D eigenvalue weighted by Crippen LogP contribution is -2.32. The van der Waals surface area contributed by atoms with Gasteiger partial charge < -0.3 is 9.64 Å². The van der Waals surface area contributed by atoms with Crippen LogP contribution >= 0.6 is 0 Å². The van der Waals surface area contributed by atoms with Gasteiger partial charge in [0.05, 0.1) is 0 Å². The van der Waals surface area contributed by atoms with Gasteiger partial charge in [-0.2, -0.15) is 0 Å². The molecule has 0 bridgehead atoms. The number of benzene rings is 1. The van der Waals surface area contributed by atoms with Crippen molar-refractivity contribution in [2.75, 3.05) is 59.5 Å². The summed E-state index contributed by atoms with van der Waals surface area (Å²) in [6.07, 6.45) is 6.53. The zero-order valence-corrected chi connectivity index (χ0v) is 15.8. The first kappa shape index (κ1) is 17.3. The van der Waals surface area contributed by atoms with Crippen LogP contribution in [-0.4, -0.2) is 74.2 Å². The van der Waals surface area contributed by atoms with Crippen LogP contribution in [-0.2, 0) is 6.42 Å². The van der Waals surface area contributed by atoms with E-state index < -0.39 is 0 Å². The first-order valence-electron chi connectivity index (χ1n) is 10.2. The van der Waals surface area contributed by atoms with Gasteiger partial charge in [0.2, 0.25) is 0 Å². The van der Waals surface area contributed by atoms with E-state index >= 15 is 0 Å². The molecule has 1 aliphatic carbocycles. The maximum absolute atomic E-state index is 6.09. The number of aryl methyl sites for hydroxylation is 1. The van der Waals surface area contributed by atoms with E-state index in [0.29, 0.717) is 6.04 Å². The third-order valence-corrected chi connectivity index (χ3v) is 6.23. The highest BCUT2D eigenvalue weighted by Gasteiger charge is 2.29. The third-order valence-electron chi connectivity index (χ3n) is 6.23. The highest BCUT2D eigenvalue weighted by atomic mass is 16.5. The summed E-state index contributed by atoms with van der Waals surface area (Å²) in [7, 11) is 2.22. The second-order valence-electron chi connectivity index (χ2n) is 8.01. The second kappa shape index (κ2) is 8.07. The van der Waals surface area contributed by atoms with E-state index in [-0.39, 0.29) is 0 Å². The first-order valence-corrected chi connectivity index (χ1v) is 10.2. The van der Waals surface area contributed by atoms with Gasteiger partial charge >= 0.3 is 0 Å². The second-order valence-corrected chi connectivity index (χ2v) is 8.01. The topological polar surface area (TPSA) is 19.0 Å². The lowest BCUT2D eigenvalue weighted by molar-refractivity contribution is 0.212. The minimum absolute atomic E-state index is 0.667. The van der Waals surface area contributed by atoms with Crippen molar-refractivity contribution in [3.05, 3.63) is 29.3 Å². The summed E-state index contributed by atoms with van der Waals surface area (Å²) in [5, 5.41) is 0. The molecule has 4 nitrogen and oxygen atoms in total. The largest absolute Gasteiger partial charge is 0.492 e. The van der Waals surface area contributed by atoms with Crippen LogP contribution < -0.4 is 4.74 Å². The van der Waals surface area contributed by atoms with Gasteiger partial charge in [0.25, 0.3) is 0 Å². The maximum atomic E-state index is 6.09. The molecule has 4 rings (SSSR count). The molecule has 2 aliphatic heterocycles. The molecule has 0 radical (unpaired) electrons. The Balaban J connectivity index is 1.29. The number of rotatable bonds is 5. The molecule has 138 valence electrons. The third kappa shape index (κ3) is 4.18. The van der Waals surface area contributed by atoms with E-state index in [1.807, 2.05) is 0 Å². The molecule has 1 atom stereocenters. The quantitative estimate of drug-likeness (QED) is 0.818. The number of likely N-dealkylation sites (tertiary alicyclic amines) is 1. The average molecular weight is 344 g/mol. The molecule has 25 heavy (non-hydrogen) atoms. The predicted molar refractivity (Wildman–Crippen MR) is 102 cm³/mol. The summed E-state index contributed by atoms with van der Waals surface area (Å²) in [5.41, 5.74) is 3.08. The van der Waals surface area contributed by atoms with Gasteiger partial charge in [0, 0.05) is 25.7 Å². The summed E-state index contributed by atoms with van der Waals surface area (Å²) in [5.74, 6) is 1.06. The van der Waals surface area contributed by atoms with Crippen molar-refractivity contribution in [3.8, 4) is 5.75 Å². The molecule has 0 saturated carbocycles. The van der Waals surface area contributed by atoms with Crippen LogP contribution in [0.4, 0.5) is 0 Å². The number of ether oxygens (including phenoxy) is 1. The van der Waals surface area contributed by atoms with E-state index in [9.17, 15) is 0 Å². The molecule has 0 spiro atoms. The maximum Gasteiger partial charge on any atom is 0.119 e. The summed E-state index contributed by atoms with van der Waals surface area (Å²) in [6, 6.07) is 7.51. The average Bonchev–Trinajstić information content (AvgIpc) is 3.23. The van der Waals surface area contributed by atoms with Crippen molar-refractivity contribution in [1.29, 1.82) is 0 Å². The Hall–Kier alpha value is -1.10. The molecule has 1 aromatic rings. The molecule has 2 heterocycles. The van der Waals surface area contributed by atoms with Gasteiger partial charge in [0.15, 0.2) is 0 Å². The number of nitrogens with zero attached hydrogens (tertiary/aromatic N) is 3. The predicted octanol–water partition coefficient (Wildman–Crippen LogP) is 2.79. The van der Waals surface area contributed by atoms with Crippen molar-refractivity contribution in [2.24, 2.45) is 0 Å². The van der Waals surface area contributed by atoms with Crippen LogP contribution in [0.1, 0.15) is 42.9 Å². The van der Waals surface area contributed by atoms with Crippen LogP contribution in [0.5, 0.6) is 5.75 Å². The number of fused-ring (bicyclic) bond motifs is 1. The van der Waals surface area contributed by atoms with Gasteiger partial charge in [-0.1, -0.05) is 6.07 Å². The zero-order valence-electron chi connectivity index (χ0n) is 15.8. The fourth-order valence-corrected chi connectivity index (χ4v) is 4.71. The smallest absolute Gasteiger partial charge is 0.119 e. The number of likely N-dealkylation sites (N-methyl/N-ethyl adjacent to an activating group) is 1. The van der Waals surface area contributed by atoms with Gasteiger partial charge in [-0.15, -0.1) is 0 Å². The summed E-state index contributed by atoms with van der Waals surface area (Å²) < 4.78 is 6.09. The first-order chi connectivity index (χ1) is 12.3. The van der Waals surface area contributed by atoms with Crippen molar-refractivity contribution in [2.45, 2.75) is 38.1 Å². The van der Waals surface area contributed by atoms with Crippen molar-refractivity contribution in [3.63, 3.8) is 0 Å². The van der Waals surface area contributed by atoms with Crippen LogP contribution in [0.25, 0.3) is 0 Å². The van der Waals surface area contributed by atoms with Gasteiger partial charge in [-0.3, -0.25) is 9.80 Å². The van der Waals surface area contributed by atoms with E-state index in [4.69, 9.17) is 4.74 Å². The highest BCUT2D eigenvalue weighted by molar-refractivity contribution is 5.40. The standard InChI is InChI=1S/C21H33N3O/c1-22-9-4-10-23(14-13-22)15-16-25-19-6-7-20-18(17-19)5-8-21(20)24-11-2-3-12-24/h6-7,17,21H,2-5,8-16H2,1H3. The van der Waals surface area contributed by atoms with E-state index in [2.05, 4.69) is 39.9 Å². The van der Waals surface area contributed by atoms with Crippen molar-refractivity contribution in [1.82, 2.24) is 14.7 Å². The lowest BCUT2D eigenvalue weighted by Gasteiger charge is -2.24. The van der Waals surface area contributed by atoms with Crippen LogP contribution in [0, 0.1) is 0 Å². The zero-order chi connectivity index (χ0) is 17.1. The molecule has 0 aromatic heterocycles. The Bertz CT molecular complexity index is 570. The fraction of sp³-hybridized carbons (Fsp3) is 0.714. The summed E-state index contributed by atoms with van der Waals surface area (Å²) >= 11 is 0. The molecule has 1 unspecified atom stereocenters. The highest BCUT2D eigenvalue weighted by Crippen LogP contribution is 2.38. The number of hydrogen-bond donors (Lipinski definition) is 0. The minimum Gasteiger partial charge on any atom is -0.492 e. The molecule has 2 fully saturated rings. The van der Waals surface area contributed by atoms with E-state index in [1.54, 1.807) is 5.56 Å². The van der Waals surface area contributed by atoms with Gasteiger partial charge in [-0.25, -0.2) is 0 Å². The Morgan fingerprint density at radius 2 is 1.88 bits per heavy atom. The fourth-order valence-electron chi connectivity index (χ4n) is 4.71. The van der Waals surface area contributed by atoms with Crippen LogP contribution in [0.3, 0.4) is 0 Å². The van der Waals surface area contributed by atoms with Crippen molar-refractivity contribution < 1.29 is 4.74 Å². The Morgan fingerprint density at radius 3 is 2.76 bits per heavy atom. The Morgan fingerprint density at radius 1 is 1.00 bits per heavy atom. The normalized spacial score (nSPS) is 25.9. The molecule has 0 N–H and O–H groups in total. The summed E-state index contributed by atoms with van der Waals surface area (Å²) in [6.45, 7) is 9.19. The molecular weight excluding hydrogens is 310 g/mol. The van der Waals surface area contributed by atoms with E-state index in [1.165, 1.54) is 76.9 Å².